The lowest BCUT2D eigenvalue weighted by molar-refractivity contribution is -0.138. The highest BCUT2D eigenvalue weighted by molar-refractivity contribution is 6.04. The van der Waals surface area contributed by atoms with Gasteiger partial charge in [0.1, 0.15) is 13.1 Å². The first-order valence-electron chi connectivity index (χ1n) is 14.0. The first-order chi connectivity index (χ1) is 20.4. The molecule has 0 unspecified atom stereocenters. The van der Waals surface area contributed by atoms with Crippen molar-refractivity contribution in [3.63, 3.8) is 0 Å². The Bertz CT molecular complexity index is 2010. The predicted octanol–water partition coefficient (Wildman–Crippen LogP) is 5.18. The van der Waals surface area contributed by atoms with Gasteiger partial charge in [0.2, 0.25) is 0 Å². The minimum absolute atomic E-state index is 0.361. The van der Waals surface area contributed by atoms with Crippen LogP contribution in [0, 0.1) is 12.8 Å². The maximum atomic E-state index is 12.5. The van der Waals surface area contributed by atoms with E-state index in [9.17, 15) is 29.4 Å². The molecule has 0 bridgehead atoms. The maximum Gasteiger partial charge on any atom is 0.323 e. The fraction of sp³-hybridized carbons (Fsp3) is 0.235. The quantitative estimate of drug-likeness (QED) is 0.248. The van der Waals surface area contributed by atoms with E-state index in [-0.39, 0.29) is 0 Å². The largest absolute Gasteiger partial charge is 0.480 e. The van der Waals surface area contributed by atoms with Crippen molar-refractivity contribution in [1.82, 2.24) is 13.7 Å². The van der Waals surface area contributed by atoms with Gasteiger partial charge in [0.15, 0.2) is 0 Å². The molecule has 3 aromatic heterocycles. The van der Waals surface area contributed by atoms with E-state index in [4.69, 9.17) is 0 Å². The fourth-order valence-electron chi connectivity index (χ4n) is 5.74. The maximum absolute atomic E-state index is 12.5. The molecule has 9 nitrogen and oxygen atoms in total. The number of carbonyl (C=O) groups is 2. The summed E-state index contributed by atoms with van der Waals surface area (Å²) in [5.41, 5.74) is 7.22. The standard InChI is InChI=1S/C34H33N3O6/c1-20(2)13-22-14-27(23-5-9-30(38)36(16-23)18-32(40)41)21(3)28(15-22)25-7-8-29-26(11-12-35(29)4)34(25)24-6-10-31(39)37(17-24)19-33(42)43/h5-12,14-17,20H,13,18-19H2,1-4H3,(H,40,41)(H,42,43). The molecule has 0 radical (unpaired) electrons. The molecule has 5 aromatic rings. The SMILES string of the molecule is Cc1c(-c2ccc(=O)n(CC(=O)O)c2)cc(CC(C)C)cc1-c1ccc2c(ccn2C)c1-c1ccc(=O)n(CC(=O)O)c1. The molecule has 0 fully saturated rings. The summed E-state index contributed by atoms with van der Waals surface area (Å²) in [6, 6.07) is 16.6. The van der Waals surface area contributed by atoms with Gasteiger partial charge in [-0.05, 0) is 82.5 Å². The lowest BCUT2D eigenvalue weighted by Gasteiger charge is -2.20. The van der Waals surface area contributed by atoms with Crippen molar-refractivity contribution in [2.75, 3.05) is 0 Å². The molecule has 0 spiro atoms. The molecule has 0 saturated carbocycles. The summed E-state index contributed by atoms with van der Waals surface area (Å²) in [6.45, 7) is 5.39. The molecule has 43 heavy (non-hydrogen) atoms. The summed E-state index contributed by atoms with van der Waals surface area (Å²) in [7, 11) is 1.95. The van der Waals surface area contributed by atoms with Crippen LogP contribution in [0.3, 0.4) is 0 Å². The highest BCUT2D eigenvalue weighted by Gasteiger charge is 2.20. The smallest absolute Gasteiger partial charge is 0.323 e. The Morgan fingerprint density at radius 2 is 1.35 bits per heavy atom. The minimum atomic E-state index is -1.11. The van der Waals surface area contributed by atoms with Crippen LogP contribution in [-0.4, -0.2) is 35.9 Å². The number of fused-ring (bicyclic) bond motifs is 1. The lowest BCUT2D eigenvalue weighted by atomic mass is 9.85. The van der Waals surface area contributed by atoms with Crippen LogP contribution in [0.15, 0.2) is 82.8 Å². The summed E-state index contributed by atoms with van der Waals surface area (Å²) in [4.78, 5) is 47.8. The van der Waals surface area contributed by atoms with Gasteiger partial charge in [-0.3, -0.25) is 19.2 Å². The van der Waals surface area contributed by atoms with Crippen LogP contribution >= 0.6 is 0 Å². The Labute approximate surface area is 247 Å². The van der Waals surface area contributed by atoms with E-state index < -0.39 is 36.1 Å². The number of aliphatic carboxylic acids is 2. The molecule has 0 amide bonds. The third-order valence-electron chi connectivity index (χ3n) is 7.65. The van der Waals surface area contributed by atoms with Gasteiger partial charge in [0.25, 0.3) is 11.1 Å². The molecule has 0 aliphatic rings. The number of carboxylic acid groups (broad SMARTS) is 2. The van der Waals surface area contributed by atoms with Crippen molar-refractivity contribution in [1.29, 1.82) is 0 Å². The van der Waals surface area contributed by atoms with Crippen molar-refractivity contribution < 1.29 is 19.8 Å². The summed E-state index contributed by atoms with van der Waals surface area (Å²) < 4.78 is 4.40. The van der Waals surface area contributed by atoms with E-state index in [0.717, 1.165) is 56.3 Å². The van der Waals surface area contributed by atoms with Gasteiger partial charge in [-0.25, -0.2) is 0 Å². The van der Waals surface area contributed by atoms with Gasteiger partial charge < -0.3 is 23.9 Å². The van der Waals surface area contributed by atoms with Gasteiger partial charge in [-0.15, -0.1) is 0 Å². The number of carboxylic acids is 2. The van der Waals surface area contributed by atoms with E-state index in [2.05, 4.69) is 26.0 Å². The minimum Gasteiger partial charge on any atom is -0.480 e. The fourth-order valence-corrected chi connectivity index (χ4v) is 5.74. The zero-order valence-electron chi connectivity index (χ0n) is 24.5. The molecule has 5 rings (SSSR count). The van der Waals surface area contributed by atoms with Crippen LogP contribution in [0.4, 0.5) is 0 Å². The van der Waals surface area contributed by atoms with Gasteiger partial charge in [-0.1, -0.05) is 32.0 Å². The van der Waals surface area contributed by atoms with Crippen LogP contribution < -0.4 is 11.1 Å². The zero-order chi connectivity index (χ0) is 31.0. The third kappa shape index (κ3) is 5.92. The number of hydrogen-bond donors (Lipinski definition) is 2. The number of benzene rings is 2. The van der Waals surface area contributed by atoms with Crippen molar-refractivity contribution in [3.8, 4) is 33.4 Å². The van der Waals surface area contributed by atoms with Crippen LogP contribution in [-0.2, 0) is 36.1 Å². The summed E-state index contributed by atoms with van der Waals surface area (Å²) in [5, 5.41) is 19.7. The van der Waals surface area contributed by atoms with Crippen LogP contribution in [0.5, 0.6) is 0 Å². The molecule has 0 saturated heterocycles. The molecular formula is C34H33N3O6. The number of nitrogens with zero attached hydrogens (tertiary/aromatic N) is 3. The molecule has 9 heteroatoms. The van der Waals surface area contributed by atoms with Crippen molar-refractivity contribution in [3.05, 3.63) is 105 Å². The molecule has 0 aliphatic heterocycles. The van der Waals surface area contributed by atoms with E-state index >= 15 is 0 Å². The van der Waals surface area contributed by atoms with E-state index in [1.54, 1.807) is 24.5 Å². The molecule has 0 aliphatic carbocycles. The first kappa shape index (κ1) is 29.3. The van der Waals surface area contributed by atoms with Gasteiger partial charge in [0.05, 0.1) is 0 Å². The molecular weight excluding hydrogens is 546 g/mol. The Kier molecular flexibility index (Phi) is 7.91. The average molecular weight is 580 g/mol. The third-order valence-corrected chi connectivity index (χ3v) is 7.65. The average Bonchev–Trinajstić information content (AvgIpc) is 3.31. The topological polar surface area (TPSA) is 124 Å². The Morgan fingerprint density at radius 1 is 0.767 bits per heavy atom. The highest BCUT2D eigenvalue weighted by atomic mass is 16.4. The lowest BCUT2D eigenvalue weighted by Crippen LogP contribution is -2.22. The second kappa shape index (κ2) is 11.6. The second-order valence-corrected chi connectivity index (χ2v) is 11.3. The molecule has 2 aromatic carbocycles. The van der Waals surface area contributed by atoms with Crippen molar-refractivity contribution in [2.24, 2.45) is 13.0 Å². The number of aromatic nitrogens is 3. The van der Waals surface area contributed by atoms with Gasteiger partial charge >= 0.3 is 11.9 Å². The Balaban J connectivity index is 1.82. The highest BCUT2D eigenvalue weighted by Crippen LogP contribution is 2.42. The zero-order valence-corrected chi connectivity index (χ0v) is 24.5. The second-order valence-electron chi connectivity index (χ2n) is 11.3. The monoisotopic (exact) mass is 579 g/mol. The summed E-state index contributed by atoms with van der Waals surface area (Å²) in [5.74, 6) is -1.85. The molecule has 2 N–H and O–H groups in total. The number of pyridine rings is 2. The summed E-state index contributed by atoms with van der Waals surface area (Å²) in [6.07, 6.45) is 5.94. The van der Waals surface area contributed by atoms with Crippen molar-refractivity contribution in [2.45, 2.75) is 40.3 Å². The van der Waals surface area contributed by atoms with Gasteiger partial charge in [0, 0.05) is 54.2 Å². The van der Waals surface area contributed by atoms with Gasteiger partial charge in [-0.2, -0.15) is 0 Å². The predicted molar refractivity (Wildman–Crippen MR) is 166 cm³/mol. The van der Waals surface area contributed by atoms with Crippen LogP contribution in [0.2, 0.25) is 0 Å². The van der Waals surface area contributed by atoms with E-state index in [1.807, 2.05) is 42.9 Å². The van der Waals surface area contributed by atoms with Crippen LogP contribution in [0.1, 0.15) is 25.0 Å². The summed E-state index contributed by atoms with van der Waals surface area (Å²) >= 11 is 0. The van der Waals surface area contributed by atoms with E-state index in [1.165, 1.54) is 21.3 Å². The molecule has 0 atom stereocenters. The number of aryl methyl sites for hydroxylation is 1. The molecule has 220 valence electrons. The Hall–Kier alpha value is -5.18. The van der Waals surface area contributed by atoms with Crippen LogP contribution in [0.25, 0.3) is 44.3 Å². The number of rotatable bonds is 9. The first-order valence-corrected chi connectivity index (χ1v) is 14.0. The normalized spacial score (nSPS) is 11.4. The molecule has 3 heterocycles. The van der Waals surface area contributed by atoms with Crippen molar-refractivity contribution >= 4 is 22.8 Å². The Morgan fingerprint density at radius 3 is 1.95 bits per heavy atom. The number of hydrogen-bond acceptors (Lipinski definition) is 4. The van der Waals surface area contributed by atoms with E-state index in [0.29, 0.717) is 11.5 Å².